The van der Waals surface area contributed by atoms with Crippen LogP contribution in [0.15, 0.2) is 6.20 Å². The lowest BCUT2D eigenvalue weighted by Crippen LogP contribution is -2.22. The van der Waals surface area contributed by atoms with Gasteiger partial charge in [-0.05, 0) is 6.92 Å². The van der Waals surface area contributed by atoms with Gasteiger partial charge in [0.05, 0.1) is 18.5 Å². The Kier molecular flexibility index (Phi) is 6.00. The Morgan fingerprint density at radius 3 is 2.94 bits per heavy atom. The summed E-state index contributed by atoms with van der Waals surface area (Å²) in [5.41, 5.74) is 1.25. The van der Waals surface area contributed by atoms with Crippen molar-refractivity contribution in [1.29, 1.82) is 0 Å². The fourth-order valence-electron chi connectivity index (χ4n) is 1.47. The normalized spacial score (nSPS) is 12.4. The molecule has 0 spiro atoms. The van der Waals surface area contributed by atoms with Gasteiger partial charge < -0.3 is 10.1 Å². The van der Waals surface area contributed by atoms with Crippen molar-refractivity contribution in [2.75, 3.05) is 25.2 Å². The van der Waals surface area contributed by atoms with Crippen molar-refractivity contribution in [2.24, 2.45) is 7.05 Å². The summed E-state index contributed by atoms with van der Waals surface area (Å²) in [4.78, 5) is 11.7. The highest BCUT2D eigenvalue weighted by Gasteiger charge is 2.16. The number of hydrogen-bond donors (Lipinski definition) is 1. The van der Waals surface area contributed by atoms with E-state index in [-0.39, 0.29) is 5.97 Å². The van der Waals surface area contributed by atoms with E-state index in [2.05, 4.69) is 10.4 Å². The minimum absolute atomic E-state index is 0.343. The molecule has 1 rings (SSSR count). The third kappa shape index (κ3) is 4.23. The number of nitrogens with zero attached hydrogens (tertiary/aromatic N) is 2. The van der Waals surface area contributed by atoms with E-state index < -0.39 is 10.8 Å². The van der Waals surface area contributed by atoms with Crippen LogP contribution in [0, 0.1) is 0 Å². The van der Waals surface area contributed by atoms with Crippen molar-refractivity contribution < 1.29 is 13.7 Å². The molecule has 1 aromatic heterocycles. The first-order valence-electron chi connectivity index (χ1n) is 5.75. The Hall–Kier alpha value is -1.21. The molecule has 0 amide bonds. The molecular weight excluding hydrogens is 254 g/mol. The van der Waals surface area contributed by atoms with Crippen LogP contribution < -0.4 is 5.32 Å². The smallest absolute Gasteiger partial charge is 0.341 e. The molecule has 1 heterocycles. The monoisotopic (exact) mass is 273 g/mol. The number of carbonyl (C=O) groups excluding carboxylic acids is 1. The highest BCUT2D eigenvalue weighted by molar-refractivity contribution is 7.84. The van der Waals surface area contributed by atoms with Gasteiger partial charge in [-0.2, -0.15) is 5.10 Å². The lowest BCUT2D eigenvalue weighted by molar-refractivity contribution is 0.0524. The molecule has 0 aliphatic rings. The van der Waals surface area contributed by atoms with Gasteiger partial charge in [0, 0.05) is 42.9 Å². The van der Waals surface area contributed by atoms with Crippen molar-refractivity contribution >= 4 is 16.8 Å². The van der Waals surface area contributed by atoms with Gasteiger partial charge in [-0.1, -0.05) is 0 Å². The SMILES string of the molecule is CCOC(=O)c1cnn(C)c1CNCCS(C)=O. The van der Waals surface area contributed by atoms with Gasteiger partial charge >= 0.3 is 5.97 Å². The van der Waals surface area contributed by atoms with E-state index in [1.807, 2.05) is 0 Å². The standard InChI is InChI=1S/C11H19N3O3S/c1-4-17-11(15)9-7-13-14(2)10(9)8-12-5-6-18(3)16/h7,12H,4-6,8H2,1-3H3. The third-order valence-corrected chi connectivity index (χ3v) is 3.19. The summed E-state index contributed by atoms with van der Waals surface area (Å²) >= 11 is 0. The largest absolute Gasteiger partial charge is 0.462 e. The molecule has 1 aromatic rings. The van der Waals surface area contributed by atoms with Gasteiger partial charge in [0.1, 0.15) is 5.56 Å². The van der Waals surface area contributed by atoms with E-state index in [1.54, 1.807) is 24.9 Å². The summed E-state index contributed by atoms with van der Waals surface area (Å²) in [5.74, 6) is 0.230. The summed E-state index contributed by atoms with van der Waals surface area (Å²) < 4.78 is 17.5. The molecule has 7 heteroatoms. The van der Waals surface area contributed by atoms with Crippen LogP contribution in [-0.2, 0) is 29.1 Å². The maximum atomic E-state index is 11.7. The zero-order valence-electron chi connectivity index (χ0n) is 10.9. The van der Waals surface area contributed by atoms with Crippen LogP contribution in [0.25, 0.3) is 0 Å². The van der Waals surface area contributed by atoms with E-state index in [4.69, 9.17) is 4.74 Å². The first kappa shape index (κ1) is 14.8. The molecule has 0 aromatic carbocycles. The van der Waals surface area contributed by atoms with Gasteiger partial charge in [0.2, 0.25) is 0 Å². The molecule has 0 saturated heterocycles. The zero-order valence-corrected chi connectivity index (χ0v) is 11.7. The van der Waals surface area contributed by atoms with E-state index in [0.717, 1.165) is 5.69 Å². The Morgan fingerprint density at radius 2 is 2.33 bits per heavy atom. The van der Waals surface area contributed by atoms with E-state index in [1.165, 1.54) is 6.20 Å². The van der Waals surface area contributed by atoms with Crippen LogP contribution >= 0.6 is 0 Å². The second-order valence-corrected chi connectivity index (χ2v) is 5.36. The number of hydrogen-bond acceptors (Lipinski definition) is 5. The first-order valence-corrected chi connectivity index (χ1v) is 7.47. The lowest BCUT2D eigenvalue weighted by atomic mass is 10.2. The van der Waals surface area contributed by atoms with Gasteiger partial charge in [-0.25, -0.2) is 4.79 Å². The Labute approximate surface area is 109 Å². The molecule has 18 heavy (non-hydrogen) atoms. The minimum Gasteiger partial charge on any atom is -0.462 e. The lowest BCUT2D eigenvalue weighted by Gasteiger charge is -2.07. The van der Waals surface area contributed by atoms with Crippen molar-refractivity contribution in [3.8, 4) is 0 Å². The number of esters is 1. The second-order valence-electron chi connectivity index (χ2n) is 3.80. The average Bonchev–Trinajstić information content (AvgIpc) is 2.66. The van der Waals surface area contributed by atoms with Gasteiger partial charge in [-0.3, -0.25) is 8.89 Å². The number of rotatable bonds is 7. The summed E-state index contributed by atoms with van der Waals surface area (Å²) in [6.45, 7) is 3.25. The van der Waals surface area contributed by atoms with Gasteiger partial charge in [-0.15, -0.1) is 0 Å². The molecule has 1 unspecified atom stereocenters. The number of carbonyl (C=O) groups is 1. The van der Waals surface area contributed by atoms with Crippen LogP contribution in [0.4, 0.5) is 0 Å². The molecule has 0 radical (unpaired) electrons. The van der Waals surface area contributed by atoms with Crippen LogP contribution in [0.5, 0.6) is 0 Å². The van der Waals surface area contributed by atoms with Gasteiger partial charge in [0.15, 0.2) is 0 Å². The average molecular weight is 273 g/mol. The molecule has 1 atom stereocenters. The Morgan fingerprint density at radius 1 is 1.61 bits per heavy atom. The van der Waals surface area contributed by atoms with E-state index in [9.17, 15) is 9.00 Å². The number of ether oxygens (including phenoxy) is 1. The molecule has 6 nitrogen and oxygen atoms in total. The van der Waals surface area contributed by atoms with Crippen LogP contribution in [-0.4, -0.2) is 45.1 Å². The molecule has 0 aliphatic heterocycles. The van der Waals surface area contributed by atoms with Crippen molar-refractivity contribution in [3.63, 3.8) is 0 Å². The number of aromatic nitrogens is 2. The quantitative estimate of drug-likeness (QED) is 0.562. The number of nitrogens with one attached hydrogen (secondary N) is 1. The van der Waals surface area contributed by atoms with Crippen molar-refractivity contribution in [1.82, 2.24) is 15.1 Å². The third-order valence-electron chi connectivity index (χ3n) is 2.42. The fourth-order valence-corrected chi connectivity index (χ4v) is 1.91. The highest BCUT2D eigenvalue weighted by Crippen LogP contribution is 2.09. The van der Waals surface area contributed by atoms with Gasteiger partial charge in [0.25, 0.3) is 0 Å². The predicted octanol–water partition coefficient (Wildman–Crippen LogP) is 0.0649. The molecule has 1 N–H and O–H groups in total. The first-order chi connectivity index (χ1) is 8.56. The molecular formula is C11H19N3O3S. The topological polar surface area (TPSA) is 73.2 Å². The Balaban J connectivity index is 2.61. The maximum absolute atomic E-state index is 11.7. The minimum atomic E-state index is -0.813. The number of aryl methyl sites for hydroxylation is 1. The second kappa shape index (κ2) is 7.27. The van der Waals surface area contributed by atoms with Crippen LogP contribution in [0.2, 0.25) is 0 Å². The summed E-state index contributed by atoms with van der Waals surface area (Å²) in [6.07, 6.45) is 3.17. The van der Waals surface area contributed by atoms with E-state index >= 15 is 0 Å². The van der Waals surface area contributed by atoms with Crippen LogP contribution in [0.3, 0.4) is 0 Å². The van der Waals surface area contributed by atoms with Crippen molar-refractivity contribution in [2.45, 2.75) is 13.5 Å². The fraction of sp³-hybridized carbons (Fsp3) is 0.636. The highest BCUT2D eigenvalue weighted by atomic mass is 32.2. The summed E-state index contributed by atoms with van der Waals surface area (Å²) in [5, 5.41) is 7.19. The molecule has 102 valence electrons. The maximum Gasteiger partial charge on any atom is 0.341 e. The Bertz CT molecular complexity index is 431. The van der Waals surface area contributed by atoms with E-state index in [0.29, 0.717) is 31.0 Å². The molecule has 0 aliphatic carbocycles. The predicted molar refractivity (Wildman–Crippen MR) is 69.8 cm³/mol. The zero-order chi connectivity index (χ0) is 13.5. The molecule has 0 saturated carbocycles. The summed E-state index contributed by atoms with van der Waals surface area (Å²) in [7, 11) is 0.963. The molecule has 0 fully saturated rings. The summed E-state index contributed by atoms with van der Waals surface area (Å²) in [6, 6.07) is 0. The molecule has 0 bridgehead atoms. The van der Waals surface area contributed by atoms with Crippen LogP contribution in [0.1, 0.15) is 23.0 Å². The van der Waals surface area contributed by atoms with Crippen molar-refractivity contribution in [3.05, 3.63) is 17.5 Å².